The Morgan fingerprint density at radius 1 is 1.32 bits per heavy atom. The molecule has 0 saturated carbocycles. The number of rotatable bonds is 6. The molecule has 5 heteroatoms. The van der Waals surface area contributed by atoms with Gasteiger partial charge in [0.1, 0.15) is 0 Å². The van der Waals surface area contributed by atoms with E-state index in [9.17, 15) is 8.42 Å². The molecule has 1 atom stereocenters. The Bertz CT molecular complexity index is 540. The van der Waals surface area contributed by atoms with Crippen molar-refractivity contribution >= 4 is 15.7 Å². The molecule has 0 heterocycles. The lowest BCUT2D eigenvalue weighted by Crippen LogP contribution is -2.41. The molecule has 0 bridgehead atoms. The number of likely N-dealkylation sites (N-methyl/N-ethyl adjacent to an activating group) is 2. The SMILES string of the molecule is C=CS(=O)(=O)N(C)C(C)CN(C)c1ccccc1C. The van der Waals surface area contributed by atoms with Crippen LogP contribution < -0.4 is 4.90 Å². The van der Waals surface area contributed by atoms with Crippen LogP contribution in [0.5, 0.6) is 0 Å². The molecule has 0 saturated heterocycles. The molecule has 0 aromatic heterocycles. The Labute approximate surface area is 116 Å². The highest BCUT2D eigenvalue weighted by Gasteiger charge is 2.21. The van der Waals surface area contributed by atoms with Crippen molar-refractivity contribution in [1.29, 1.82) is 0 Å². The molecule has 4 nitrogen and oxygen atoms in total. The average molecular weight is 282 g/mol. The molecule has 0 aliphatic rings. The van der Waals surface area contributed by atoms with Gasteiger partial charge in [0.15, 0.2) is 0 Å². The number of anilines is 1. The van der Waals surface area contributed by atoms with Gasteiger partial charge in [0.2, 0.25) is 10.0 Å². The number of sulfonamides is 1. The third kappa shape index (κ3) is 3.81. The van der Waals surface area contributed by atoms with Gasteiger partial charge in [-0.15, -0.1) is 0 Å². The molecule has 0 spiro atoms. The fraction of sp³-hybridized carbons (Fsp3) is 0.429. The maximum atomic E-state index is 11.7. The average Bonchev–Trinajstić information content (AvgIpc) is 2.38. The van der Waals surface area contributed by atoms with E-state index in [2.05, 4.69) is 11.5 Å². The molecule has 0 amide bonds. The molecule has 0 aliphatic heterocycles. The summed E-state index contributed by atoms with van der Waals surface area (Å²) in [6.45, 7) is 7.89. The molecule has 1 aromatic carbocycles. The van der Waals surface area contributed by atoms with E-state index < -0.39 is 10.0 Å². The van der Waals surface area contributed by atoms with Crippen LogP contribution in [0.4, 0.5) is 5.69 Å². The predicted octanol–water partition coefficient (Wildman–Crippen LogP) is 2.22. The minimum absolute atomic E-state index is 0.132. The second-order valence-electron chi connectivity index (χ2n) is 4.74. The number of aryl methyl sites for hydroxylation is 1. The molecule has 1 unspecified atom stereocenters. The van der Waals surface area contributed by atoms with Gasteiger partial charge in [-0.25, -0.2) is 8.42 Å². The Morgan fingerprint density at radius 2 is 1.89 bits per heavy atom. The van der Waals surface area contributed by atoms with Crippen molar-refractivity contribution in [2.45, 2.75) is 19.9 Å². The molecule has 0 aliphatic carbocycles. The summed E-state index contributed by atoms with van der Waals surface area (Å²) < 4.78 is 24.8. The van der Waals surface area contributed by atoms with Crippen molar-refractivity contribution in [1.82, 2.24) is 4.31 Å². The van der Waals surface area contributed by atoms with Gasteiger partial charge in [-0.2, -0.15) is 4.31 Å². The second kappa shape index (κ2) is 6.21. The topological polar surface area (TPSA) is 40.6 Å². The van der Waals surface area contributed by atoms with E-state index in [1.165, 1.54) is 9.87 Å². The first-order valence-corrected chi connectivity index (χ1v) is 7.67. The lowest BCUT2D eigenvalue weighted by atomic mass is 10.2. The van der Waals surface area contributed by atoms with Crippen molar-refractivity contribution in [2.75, 3.05) is 25.5 Å². The van der Waals surface area contributed by atoms with Crippen molar-refractivity contribution in [3.63, 3.8) is 0 Å². The predicted molar refractivity (Wildman–Crippen MR) is 80.8 cm³/mol. The van der Waals surface area contributed by atoms with Crippen LogP contribution in [0.25, 0.3) is 0 Å². The Morgan fingerprint density at radius 3 is 2.42 bits per heavy atom. The number of hydrogen-bond acceptors (Lipinski definition) is 3. The summed E-state index contributed by atoms with van der Waals surface area (Å²) in [5.41, 5.74) is 2.28. The smallest absolute Gasteiger partial charge is 0.235 e. The lowest BCUT2D eigenvalue weighted by Gasteiger charge is -2.29. The fourth-order valence-corrected chi connectivity index (χ4v) is 2.77. The van der Waals surface area contributed by atoms with Crippen LogP contribution in [0.2, 0.25) is 0 Å². The van der Waals surface area contributed by atoms with E-state index in [-0.39, 0.29) is 6.04 Å². The van der Waals surface area contributed by atoms with Crippen LogP contribution in [-0.2, 0) is 10.0 Å². The summed E-state index contributed by atoms with van der Waals surface area (Å²) >= 11 is 0. The molecule has 106 valence electrons. The van der Waals surface area contributed by atoms with E-state index >= 15 is 0 Å². The first-order chi connectivity index (χ1) is 8.79. The molecule has 0 fully saturated rings. The summed E-state index contributed by atoms with van der Waals surface area (Å²) in [4.78, 5) is 2.06. The van der Waals surface area contributed by atoms with Crippen molar-refractivity contribution < 1.29 is 8.42 Å². The van der Waals surface area contributed by atoms with E-state index in [1.807, 2.05) is 45.2 Å². The third-order valence-corrected chi connectivity index (χ3v) is 4.88. The van der Waals surface area contributed by atoms with E-state index in [4.69, 9.17) is 0 Å². The molecular weight excluding hydrogens is 260 g/mol. The molecular formula is C14H22N2O2S. The Hall–Kier alpha value is -1.33. The van der Waals surface area contributed by atoms with Crippen LogP contribution in [0.1, 0.15) is 12.5 Å². The number of hydrogen-bond donors (Lipinski definition) is 0. The van der Waals surface area contributed by atoms with Crippen LogP contribution >= 0.6 is 0 Å². The lowest BCUT2D eigenvalue weighted by molar-refractivity contribution is 0.396. The van der Waals surface area contributed by atoms with Crippen LogP contribution in [-0.4, -0.2) is 39.4 Å². The van der Waals surface area contributed by atoms with E-state index in [0.29, 0.717) is 6.54 Å². The van der Waals surface area contributed by atoms with Gasteiger partial charge in [0.05, 0.1) is 0 Å². The number of para-hydroxylation sites is 1. The van der Waals surface area contributed by atoms with Crippen LogP contribution in [0, 0.1) is 6.92 Å². The van der Waals surface area contributed by atoms with Gasteiger partial charge >= 0.3 is 0 Å². The molecule has 0 radical (unpaired) electrons. The van der Waals surface area contributed by atoms with Crippen LogP contribution in [0.15, 0.2) is 36.3 Å². The largest absolute Gasteiger partial charge is 0.373 e. The van der Waals surface area contributed by atoms with Gasteiger partial charge in [-0.05, 0) is 25.5 Å². The maximum Gasteiger partial charge on any atom is 0.235 e. The molecule has 0 N–H and O–H groups in total. The zero-order valence-electron chi connectivity index (χ0n) is 12.0. The minimum Gasteiger partial charge on any atom is -0.373 e. The summed E-state index contributed by atoms with van der Waals surface area (Å²) in [6, 6.07) is 7.91. The number of nitrogens with zero attached hydrogens (tertiary/aromatic N) is 2. The highest BCUT2D eigenvalue weighted by molar-refractivity contribution is 7.92. The van der Waals surface area contributed by atoms with E-state index in [0.717, 1.165) is 11.1 Å². The summed E-state index contributed by atoms with van der Waals surface area (Å²) in [5.74, 6) is 0. The number of benzene rings is 1. The third-order valence-electron chi connectivity index (χ3n) is 3.30. The first kappa shape index (κ1) is 15.7. The quantitative estimate of drug-likeness (QED) is 0.803. The monoisotopic (exact) mass is 282 g/mol. The van der Waals surface area contributed by atoms with Crippen molar-refractivity contribution in [3.05, 3.63) is 41.8 Å². The standard InChI is InChI=1S/C14H22N2O2S/c1-6-19(17,18)16(5)13(3)11-15(4)14-10-8-7-9-12(14)2/h6-10,13H,1,11H2,2-5H3. The van der Waals surface area contributed by atoms with Crippen LogP contribution in [0.3, 0.4) is 0 Å². The summed E-state index contributed by atoms with van der Waals surface area (Å²) in [6.07, 6.45) is 0. The maximum absolute atomic E-state index is 11.7. The fourth-order valence-electron chi connectivity index (χ4n) is 1.97. The normalized spacial score (nSPS) is 13.3. The molecule has 19 heavy (non-hydrogen) atoms. The van der Waals surface area contributed by atoms with Gasteiger partial charge in [-0.3, -0.25) is 0 Å². The van der Waals surface area contributed by atoms with Gasteiger partial charge in [0, 0.05) is 37.8 Å². The Balaban J connectivity index is 2.80. The van der Waals surface area contributed by atoms with Gasteiger partial charge in [0.25, 0.3) is 0 Å². The zero-order chi connectivity index (χ0) is 14.6. The first-order valence-electron chi connectivity index (χ1n) is 6.17. The van der Waals surface area contributed by atoms with E-state index in [1.54, 1.807) is 7.05 Å². The summed E-state index contributed by atoms with van der Waals surface area (Å²) in [5, 5.41) is 0.983. The second-order valence-corrected chi connectivity index (χ2v) is 6.68. The zero-order valence-corrected chi connectivity index (χ0v) is 12.8. The highest BCUT2D eigenvalue weighted by atomic mass is 32.2. The van der Waals surface area contributed by atoms with Gasteiger partial charge < -0.3 is 4.90 Å². The van der Waals surface area contributed by atoms with Crippen molar-refractivity contribution in [2.24, 2.45) is 0 Å². The highest BCUT2D eigenvalue weighted by Crippen LogP contribution is 2.19. The Kier molecular flexibility index (Phi) is 5.14. The van der Waals surface area contributed by atoms with Crippen molar-refractivity contribution in [3.8, 4) is 0 Å². The summed E-state index contributed by atoms with van der Waals surface area (Å²) in [7, 11) is 0.177. The molecule has 1 rings (SSSR count). The van der Waals surface area contributed by atoms with Gasteiger partial charge in [-0.1, -0.05) is 24.8 Å². The minimum atomic E-state index is -3.36. The molecule has 1 aromatic rings.